The van der Waals surface area contributed by atoms with Crippen molar-refractivity contribution < 1.29 is 19.1 Å². The summed E-state index contributed by atoms with van der Waals surface area (Å²) in [6.07, 6.45) is 3.28. The molecule has 1 aromatic carbocycles. The van der Waals surface area contributed by atoms with Crippen LogP contribution in [0.4, 0.5) is 10.5 Å². The van der Waals surface area contributed by atoms with Crippen LogP contribution in [0.5, 0.6) is 11.6 Å². The van der Waals surface area contributed by atoms with Crippen LogP contribution in [-0.2, 0) is 4.74 Å². The maximum absolute atomic E-state index is 13.3. The number of rotatable bonds is 4. The van der Waals surface area contributed by atoms with Gasteiger partial charge in [-0.25, -0.2) is 9.78 Å². The first-order valence-corrected chi connectivity index (χ1v) is 10.9. The molecular formula is C24H21ClN4O4. The van der Waals surface area contributed by atoms with Crippen LogP contribution in [-0.4, -0.2) is 52.1 Å². The minimum atomic E-state index is -0.753. The van der Waals surface area contributed by atoms with Crippen molar-refractivity contribution in [1.82, 2.24) is 14.9 Å². The Labute approximate surface area is 195 Å². The SMILES string of the molecule is Cc1ccc(Oc2ncccc2C(=O)N2CCC3(C2)CN(c2ccc(Cl)cc2)C(=O)O3)cn1. The number of benzene rings is 1. The number of ether oxygens (including phenoxy) is 2. The standard InChI is InChI=1S/C24H21ClN4O4/c1-16-4-9-19(13-27-16)32-21-20(3-2-11-26-21)22(30)28-12-10-24(14-28)15-29(23(31)33-24)18-7-5-17(25)6-8-18/h2-9,11,13H,10,12,14-15H2,1H3. The van der Waals surface area contributed by atoms with Crippen LogP contribution in [0.1, 0.15) is 22.5 Å². The summed E-state index contributed by atoms with van der Waals surface area (Å²) in [5.74, 6) is 0.478. The molecule has 0 saturated carbocycles. The van der Waals surface area contributed by atoms with E-state index in [2.05, 4.69) is 9.97 Å². The molecule has 1 atom stereocenters. The zero-order chi connectivity index (χ0) is 23.0. The van der Waals surface area contributed by atoms with Crippen molar-refractivity contribution in [3.63, 3.8) is 0 Å². The van der Waals surface area contributed by atoms with E-state index in [1.807, 2.05) is 13.0 Å². The van der Waals surface area contributed by atoms with E-state index < -0.39 is 11.7 Å². The Kier molecular flexibility index (Phi) is 5.38. The summed E-state index contributed by atoms with van der Waals surface area (Å²) in [5.41, 5.74) is 1.16. The number of likely N-dealkylation sites (tertiary alicyclic amines) is 1. The second kappa shape index (κ2) is 8.37. The zero-order valence-electron chi connectivity index (χ0n) is 17.9. The van der Waals surface area contributed by atoms with E-state index in [-0.39, 0.29) is 11.8 Å². The van der Waals surface area contributed by atoms with Crippen LogP contribution in [0.25, 0.3) is 0 Å². The van der Waals surface area contributed by atoms with Crippen molar-refractivity contribution in [3.8, 4) is 11.6 Å². The van der Waals surface area contributed by atoms with Crippen LogP contribution in [0.15, 0.2) is 60.9 Å². The molecule has 4 heterocycles. The summed E-state index contributed by atoms with van der Waals surface area (Å²) in [5, 5.41) is 0.592. The smallest absolute Gasteiger partial charge is 0.415 e. The lowest BCUT2D eigenvalue weighted by atomic mass is 10.0. The first-order chi connectivity index (χ1) is 15.9. The predicted octanol–water partition coefficient (Wildman–Crippen LogP) is 4.47. The fourth-order valence-corrected chi connectivity index (χ4v) is 4.23. The third-order valence-electron chi connectivity index (χ3n) is 5.81. The number of hydrogen-bond donors (Lipinski definition) is 0. The van der Waals surface area contributed by atoms with Gasteiger partial charge in [0.2, 0.25) is 5.88 Å². The molecule has 1 unspecified atom stereocenters. The van der Waals surface area contributed by atoms with Gasteiger partial charge in [-0.3, -0.25) is 14.7 Å². The predicted molar refractivity (Wildman–Crippen MR) is 122 cm³/mol. The molecule has 0 aliphatic carbocycles. The molecule has 3 aromatic rings. The van der Waals surface area contributed by atoms with Gasteiger partial charge < -0.3 is 14.4 Å². The van der Waals surface area contributed by atoms with Gasteiger partial charge in [-0.2, -0.15) is 0 Å². The summed E-state index contributed by atoms with van der Waals surface area (Å²) < 4.78 is 11.6. The molecule has 0 radical (unpaired) electrons. The van der Waals surface area contributed by atoms with Crippen molar-refractivity contribution in [2.24, 2.45) is 0 Å². The molecule has 0 N–H and O–H groups in total. The number of carbonyl (C=O) groups is 2. The van der Waals surface area contributed by atoms with Gasteiger partial charge in [0.25, 0.3) is 5.91 Å². The minimum absolute atomic E-state index is 0.209. The number of halogens is 1. The number of hydrogen-bond acceptors (Lipinski definition) is 6. The van der Waals surface area contributed by atoms with Gasteiger partial charge in [-0.1, -0.05) is 11.6 Å². The highest BCUT2D eigenvalue weighted by molar-refractivity contribution is 6.30. The molecule has 5 rings (SSSR count). The van der Waals surface area contributed by atoms with Gasteiger partial charge in [0.1, 0.15) is 11.3 Å². The second-order valence-electron chi connectivity index (χ2n) is 8.18. The molecule has 168 valence electrons. The van der Waals surface area contributed by atoms with Crippen LogP contribution >= 0.6 is 11.6 Å². The van der Waals surface area contributed by atoms with Crippen molar-refractivity contribution in [2.75, 3.05) is 24.5 Å². The monoisotopic (exact) mass is 464 g/mol. The van der Waals surface area contributed by atoms with E-state index in [1.54, 1.807) is 64.7 Å². The maximum atomic E-state index is 13.3. The van der Waals surface area contributed by atoms with E-state index >= 15 is 0 Å². The highest BCUT2D eigenvalue weighted by atomic mass is 35.5. The number of anilines is 1. The van der Waals surface area contributed by atoms with E-state index in [4.69, 9.17) is 21.1 Å². The van der Waals surface area contributed by atoms with Crippen LogP contribution < -0.4 is 9.64 Å². The van der Waals surface area contributed by atoms with E-state index in [0.29, 0.717) is 48.1 Å². The summed E-state index contributed by atoms with van der Waals surface area (Å²) in [6, 6.07) is 14.0. The first kappa shape index (κ1) is 21.2. The molecule has 8 nitrogen and oxygen atoms in total. The third-order valence-corrected chi connectivity index (χ3v) is 6.06. The molecule has 2 saturated heterocycles. The zero-order valence-corrected chi connectivity index (χ0v) is 18.7. The van der Waals surface area contributed by atoms with Gasteiger partial charge in [0.05, 0.1) is 19.3 Å². The quantitative estimate of drug-likeness (QED) is 0.566. The van der Waals surface area contributed by atoms with Crippen molar-refractivity contribution in [1.29, 1.82) is 0 Å². The Morgan fingerprint density at radius 1 is 1.12 bits per heavy atom. The fraction of sp³-hybridized carbons (Fsp3) is 0.250. The van der Waals surface area contributed by atoms with Crippen molar-refractivity contribution in [2.45, 2.75) is 18.9 Å². The number of aromatic nitrogens is 2. The van der Waals surface area contributed by atoms with Gasteiger partial charge in [0, 0.05) is 35.6 Å². The molecule has 2 aromatic heterocycles. The molecule has 2 aliphatic heterocycles. The lowest BCUT2D eigenvalue weighted by molar-refractivity contribution is 0.0552. The number of amides is 2. The normalized spacial score (nSPS) is 19.8. The number of nitrogens with zero attached hydrogens (tertiary/aromatic N) is 4. The second-order valence-corrected chi connectivity index (χ2v) is 8.62. The Morgan fingerprint density at radius 2 is 1.94 bits per heavy atom. The molecule has 0 bridgehead atoms. The Balaban J connectivity index is 1.32. The number of carbonyl (C=O) groups excluding carboxylic acids is 2. The average molecular weight is 465 g/mol. The largest absolute Gasteiger partial charge is 0.439 e. The summed E-state index contributed by atoms with van der Waals surface area (Å²) in [6.45, 7) is 3.00. The Hall–Kier alpha value is -3.65. The maximum Gasteiger partial charge on any atom is 0.415 e. The third kappa shape index (κ3) is 4.21. The number of pyridine rings is 2. The fourth-order valence-electron chi connectivity index (χ4n) is 4.10. The minimum Gasteiger partial charge on any atom is -0.439 e. The Morgan fingerprint density at radius 3 is 2.70 bits per heavy atom. The van der Waals surface area contributed by atoms with E-state index in [9.17, 15) is 9.59 Å². The molecule has 2 amide bonds. The highest BCUT2D eigenvalue weighted by Crippen LogP contribution is 2.36. The first-order valence-electron chi connectivity index (χ1n) is 10.5. The topological polar surface area (TPSA) is 84.9 Å². The molecule has 2 fully saturated rings. The summed E-state index contributed by atoms with van der Waals surface area (Å²) >= 11 is 5.96. The number of aryl methyl sites for hydroxylation is 1. The van der Waals surface area contributed by atoms with Crippen LogP contribution in [0, 0.1) is 6.92 Å². The van der Waals surface area contributed by atoms with Crippen molar-refractivity contribution in [3.05, 3.63) is 77.2 Å². The average Bonchev–Trinajstić information content (AvgIpc) is 3.38. The summed E-state index contributed by atoms with van der Waals surface area (Å²) in [4.78, 5) is 37.6. The highest BCUT2D eigenvalue weighted by Gasteiger charge is 2.51. The van der Waals surface area contributed by atoms with Crippen LogP contribution in [0.2, 0.25) is 5.02 Å². The molecule has 2 aliphatic rings. The molecule has 33 heavy (non-hydrogen) atoms. The molecular weight excluding hydrogens is 444 g/mol. The summed E-state index contributed by atoms with van der Waals surface area (Å²) in [7, 11) is 0. The Bertz CT molecular complexity index is 1200. The van der Waals surface area contributed by atoms with Crippen molar-refractivity contribution >= 4 is 29.3 Å². The molecule has 9 heteroatoms. The van der Waals surface area contributed by atoms with Gasteiger partial charge in [0.15, 0.2) is 5.60 Å². The van der Waals surface area contributed by atoms with Gasteiger partial charge in [-0.15, -0.1) is 0 Å². The van der Waals surface area contributed by atoms with Gasteiger partial charge >= 0.3 is 6.09 Å². The van der Waals surface area contributed by atoms with Crippen LogP contribution in [0.3, 0.4) is 0 Å². The van der Waals surface area contributed by atoms with E-state index in [0.717, 1.165) is 5.69 Å². The molecule has 1 spiro atoms. The lowest BCUT2D eigenvalue weighted by Gasteiger charge is -2.22. The van der Waals surface area contributed by atoms with Gasteiger partial charge in [-0.05, 0) is 55.5 Å². The van der Waals surface area contributed by atoms with E-state index in [1.165, 1.54) is 0 Å². The lowest BCUT2D eigenvalue weighted by Crippen LogP contribution is -2.39.